The van der Waals surface area contributed by atoms with Gasteiger partial charge in [-0.05, 0) is 25.1 Å². The van der Waals surface area contributed by atoms with Gasteiger partial charge in [-0.15, -0.1) is 0 Å². The molecular weight excluding hydrogens is 340 g/mol. The molecule has 3 N–H and O–H groups in total. The number of carbonyl (C=O) groups excluding carboxylic acids is 1. The predicted octanol–water partition coefficient (Wildman–Crippen LogP) is -1.10. The third-order valence-corrected chi connectivity index (χ3v) is 4.83. The predicted molar refractivity (Wildman–Crippen MR) is 84.8 cm³/mol. The largest absolute Gasteiger partial charge is 0.316 e. The molecule has 1 atom stereocenters. The summed E-state index contributed by atoms with van der Waals surface area (Å²) in [6.07, 6.45) is 0. The van der Waals surface area contributed by atoms with E-state index in [1.807, 2.05) is 0 Å². The lowest BCUT2D eigenvalue weighted by molar-refractivity contribution is -0.170. The Morgan fingerprint density at radius 3 is 2.38 bits per heavy atom. The maximum atomic E-state index is 12.4. The van der Waals surface area contributed by atoms with E-state index in [-0.39, 0.29) is 15.9 Å². The normalized spacial score (nSPS) is 13.0. The minimum Gasteiger partial charge on any atom is -0.316 e. The van der Waals surface area contributed by atoms with E-state index in [4.69, 9.17) is 4.84 Å². The summed E-state index contributed by atoms with van der Waals surface area (Å²) in [5, 5.41) is 0.899. The van der Waals surface area contributed by atoms with Crippen molar-refractivity contribution >= 4 is 27.0 Å². The van der Waals surface area contributed by atoms with Gasteiger partial charge in [0, 0.05) is 7.05 Å². The summed E-state index contributed by atoms with van der Waals surface area (Å²) in [5.41, 5.74) is -1.30. The van der Waals surface area contributed by atoms with Crippen molar-refractivity contribution in [3.8, 4) is 0 Å². The number of likely N-dealkylation sites (N-methyl/N-ethyl adjacent to an activating group) is 1. The molecule has 0 spiro atoms. The second-order valence-electron chi connectivity index (χ2n) is 4.98. The minimum absolute atomic E-state index is 0.149. The highest BCUT2D eigenvalue weighted by Gasteiger charge is 2.24. The van der Waals surface area contributed by atoms with Crippen LogP contribution in [0.2, 0.25) is 0 Å². The SMILES string of the molecule is CON(C)C(=O)C(C)NS(=O)(=O)c1ccc2[nH]c(=O)c(=O)[nH]c2c1. The van der Waals surface area contributed by atoms with Crippen LogP contribution < -0.4 is 15.8 Å². The number of nitrogens with zero attached hydrogens (tertiary/aromatic N) is 1. The number of nitrogens with one attached hydrogen (secondary N) is 3. The number of hydrogen-bond acceptors (Lipinski definition) is 6. The molecule has 1 heterocycles. The third-order valence-electron chi connectivity index (χ3n) is 3.29. The summed E-state index contributed by atoms with van der Waals surface area (Å²) >= 11 is 0. The fourth-order valence-corrected chi connectivity index (χ4v) is 3.20. The van der Waals surface area contributed by atoms with Crippen molar-refractivity contribution in [2.45, 2.75) is 17.9 Å². The first-order valence-electron chi connectivity index (χ1n) is 6.76. The van der Waals surface area contributed by atoms with Crippen LogP contribution in [0.1, 0.15) is 6.92 Å². The van der Waals surface area contributed by atoms with Gasteiger partial charge < -0.3 is 9.97 Å². The number of fused-ring (bicyclic) bond motifs is 1. The third kappa shape index (κ3) is 3.53. The van der Waals surface area contributed by atoms with Gasteiger partial charge in [-0.3, -0.25) is 19.2 Å². The molecule has 130 valence electrons. The summed E-state index contributed by atoms with van der Waals surface area (Å²) in [5.74, 6) is -0.584. The highest BCUT2D eigenvalue weighted by atomic mass is 32.2. The quantitative estimate of drug-likeness (QED) is 0.459. The van der Waals surface area contributed by atoms with Crippen LogP contribution in [0.5, 0.6) is 0 Å². The summed E-state index contributed by atoms with van der Waals surface area (Å²) in [4.78, 5) is 43.6. The molecule has 0 fully saturated rings. The van der Waals surface area contributed by atoms with E-state index in [0.29, 0.717) is 0 Å². The first-order chi connectivity index (χ1) is 11.2. The second kappa shape index (κ2) is 6.55. The summed E-state index contributed by atoms with van der Waals surface area (Å²) in [6.45, 7) is 1.37. The Labute approximate surface area is 136 Å². The number of sulfonamides is 1. The van der Waals surface area contributed by atoms with Crippen molar-refractivity contribution in [2.75, 3.05) is 14.2 Å². The van der Waals surface area contributed by atoms with Crippen molar-refractivity contribution in [3.05, 3.63) is 38.9 Å². The Morgan fingerprint density at radius 2 is 1.79 bits per heavy atom. The van der Waals surface area contributed by atoms with Crippen molar-refractivity contribution in [3.63, 3.8) is 0 Å². The van der Waals surface area contributed by atoms with E-state index >= 15 is 0 Å². The Hall–Kier alpha value is -2.50. The van der Waals surface area contributed by atoms with E-state index in [2.05, 4.69) is 14.7 Å². The molecule has 0 radical (unpaired) electrons. The zero-order valence-electron chi connectivity index (χ0n) is 13.1. The van der Waals surface area contributed by atoms with Gasteiger partial charge in [0.1, 0.15) is 6.04 Å². The van der Waals surface area contributed by atoms with Crippen LogP contribution in [-0.2, 0) is 19.7 Å². The van der Waals surface area contributed by atoms with Gasteiger partial charge in [0.15, 0.2) is 0 Å². The highest BCUT2D eigenvalue weighted by Crippen LogP contribution is 2.15. The lowest BCUT2D eigenvalue weighted by Crippen LogP contribution is -2.45. The molecule has 0 saturated carbocycles. The number of amides is 1. The molecule has 0 aliphatic rings. The number of carbonyl (C=O) groups is 1. The van der Waals surface area contributed by atoms with Crippen molar-refractivity contribution in [1.82, 2.24) is 19.8 Å². The Balaban J connectivity index is 2.37. The molecule has 0 bridgehead atoms. The van der Waals surface area contributed by atoms with Gasteiger partial charge in [-0.25, -0.2) is 13.5 Å². The van der Waals surface area contributed by atoms with Crippen LogP contribution in [0, 0.1) is 0 Å². The zero-order valence-corrected chi connectivity index (χ0v) is 13.9. The van der Waals surface area contributed by atoms with E-state index in [9.17, 15) is 22.8 Å². The summed E-state index contributed by atoms with van der Waals surface area (Å²) in [7, 11) is -1.40. The van der Waals surface area contributed by atoms with E-state index in [1.165, 1.54) is 39.3 Å². The van der Waals surface area contributed by atoms with Gasteiger partial charge in [0.05, 0.1) is 23.0 Å². The summed E-state index contributed by atoms with van der Waals surface area (Å²) < 4.78 is 26.9. The molecular formula is C13H16N4O6S. The molecule has 0 saturated heterocycles. The molecule has 1 aromatic carbocycles. The Kier molecular flexibility index (Phi) is 4.87. The number of aromatic nitrogens is 2. The molecule has 11 heteroatoms. The van der Waals surface area contributed by atoms with Crippen LogP contribution in [0.15, 0.2) is 32.7 Å². The highest BCUT2D eigenvalue weighted by molar-refractivity contribution is 7.89. The van der Waals surface area contributed by atoms with Crippen LogP contribution in [0.25, 0.3) is 11.0 Å². The molecule has 10 nitrogen and oxygen atoms in total. The minimum atomic E-state index is -4.03. The molecule has 2 rings (SSSR count). The van der Waals surface area contributed by atoms with Crippen LogP contribution in [0.4, 0.5) is 0 Å². The molecule has 0 aliphatic carbocycles. The molecule has 1 amide bonds. The first kappa shape index (κ1) is 17.8. The van der Waals surface area contributed by atoms with Gasteiger partial charge in [0.2, 0.25) is 10.0 Å². The number of aromatic amines is 2. The average molecular weight is 356 g/mol. The Morgan fingerprint density at radius 1 is 1.21 bits per heavy atom. The fraction of sp³-hybridized carbons (Fsp3) is 0.308. The topological polar surface area (TPSA) is 141 Å². The molecule has 24 heavy (non-hydrogen) atoms. The van der Waals surface area contributed by atoms with E-state index in [1.54, 1.807) is 0 Å². The van der Waals surface area contributed by atoms with Crippen molar-refractivity contribution in [1.29, 1.82) is 0 Å². The fourth-order valence-electron chi connectivity index (χ4n) is 1.97. The smallest absolute Gasteiger partial charge is 0.314 e. The maximum Gasteiger partial charge on any atom is 0.314 e. The van der Waals surface area contributed by atoms with Crippen LogP contribution in [-0.4, -0.2) is 49.6 Å². The van der Waals surface area contributed by atoms with Gasteiger partial charge >= 0.3 is 11.1 Å². The first-order valence-corrected chi connectivity index (χ1v) is 8.24. The number of rotatable bonds is 5. The lowest BCUT2D eigenvalue weighted by Gasteiger charge is -2.19. The lowest BCUT2D eigenvalue weighted by atomic mass is 10.3. The van der Waals surface area contributed by atoms with Gasteiger partial charge in [-0.1, -0.05) is 0 Å². The van der Waals surface area contributed by atoms with E-state index in [0.717, 1.165) is 5.06 Å². The second-order valence-corrected chi connectivity index (χ2v) is 6.69. The standard InChI is InChI=1S/C13H16N4O6S/c1-7(13(20)17(2)23-3)16-24(21,22)8-4-5-9-10(6-8)15-12(19)11(18)14-9/h4-7,16H,1-3H3,(H,14,18)(H,15,19). The maximum absolute atomic E-state index is 12.4. The Bertz CT molecular complexity index is 993. The molecule has 0 aliphatic heterocycles. The molecule has 2 aromatic rings. The number of benzene rings is 1. The average Bonchev–Trinajstić information content (AvgIpc) is 2.53. The number of hydroxylamine groups is 2. The van der Waals surface area contributed by atoms with Crippen LogP contribution >= 0.6 is 0 Å². The van der Waals surface area contributed by atoms with Crippen molar-refractivity contribution in [2.24, 2.45) is 0 Å². The summed E-state index contributed by atoms with van der Waals surface area (Å²) in [6, 6.07) is 2.71. The van der Waals surface area contributed by atoms with Crippen molar-refractivity contribution < 1.29 is 18.0 Å². The molecule has 1 aromatic heterocycles. The van der Waals surface area contributed by atoms with Crippen LogP contribution in [0.3, 0.4) is 0 Å². The number of H-pyrrole nitrogens is 2. The van der Waals surface area contributed by atoms with Gasteiger partial charge in [0.25, 0.3) is 5.91 Å². The monoisotopic (exact) mass is 356 g/mol. The molecule has 1 unspecified atom stereocenters. The van der Waals surface area contributed by atoms with E-state index < -0.39 is 33.1 Å². The zero-order chi connectivity index (χ0) is 18.1. The van der Waals surface area contributed by atoms with Gasteiger partial charge in [-0.2, -0.15) is 4.72 Å². The number of hydrogen-bond donors (Lipinski definition) is 3.